The zero-order valence-corrected chi connectivity index (χ0v) is 13.1. The lowest BCUT2D eigenvalue weighted by atomic mass is 10.3. The summed E-state index contributed by atoms with van der Waals surface area (Å²) in [6, 6.07) is 12.3. The number of hydrogen-bond acceptors (Lipinski definition) is 5. The van der Waals surface area contributed by atoms with Gasteiger partial charge in [0, 0.05) is 17.3 Å². The number of carbonyl (C=O) groups excluding carboxylic acids is 1. The molecule has 3 rings (SSSR count). The topological polar surface area (TPSA) is 76.1 Å². The van der Waals surface area contributed by atoms with Crippen molar-refractivity contribution < 1.29 is 9.53 Å². The highest BCUT2D eigenvalue weighted by Gasteiger charge is 2.08. The average Bonchev–Trinajstić information content (AvgIpc) is 3.04. The molecule has 1 aromatic carbocycles. The van der Waals surface area contributed by atoms with E-state index >= 15 is 0 Å². The van der Waals surface area contributed by atoms with Gasteiger partial charge in [-0.2, -0.15) is 0 Å². The standard InChI is InChI=1S/C16H14N4O2S/c1-22-12-7-5-11(6-8-12)18-15(21)20-16-19-14(10-23-16)13-4-2-3-9-17-13/h2-10H,1H3,(H2,18,19,20,21). The Morgan fingerprint density at radius 1 is 1.09 bits per heavy atom. The van der Waals surface area contributed by atoms with Crippen molar-refractivity contribution in [3.8, 4) is 17.1 Å². The van der Waals surface area contributed by atoms with Gasteiger partial charge in [0.25, 0.3) is 0 Å². The summed E-state index contributed by atoms with van der Waals surface area (Å²) in [7, 11) is 1.59. The number of hydrogen-bond donors (Lipinski definition) is 2. The molecule has 6 nitrogen and oxygen atoms in total. The van der Waals surface area contributed by atoms with E-state index < -0.39 is 0 Å². The monoisotopic (exact) mass is 326 g/mol. The van der Waals surface area contributed by atoms with Crippen LogP contribution >= 0.6 is 11.3 Å². The Labute approximate surface area is 137 Å². The van der Waals surface area contributed by atoms with Crippen molar-refractivity contribution >= 4 is 28.2 Å². The molecule has 0 fully saturated rings. The molecule has 0 spiro atoms. The first-order chi connectivity index (χ1) is 11.2. The Morgan fingerprint density at radius 2 is 1.91 bits per heavy atom. The zero-order chi connectivity index (χ0) is 16.1. The minimum atomic E-state index is -0.350. The smallest absolute Gasteiger partial charge is 0.325 e. The van der Waals surface area contributed by atoms with E-state index in [1.165, 1.54) is 11.3 Å². The Hall–Kier alpha value is -2.93. The van der Waals surface area contributed by atoms with Gasteiger partial charge in [0.15, 0.2) is 5.13 Å². The van der Waals surface area contributed by atoms with Crippen molar-refractivity contribution in [3.63, 3.8) is 0 Å². The van der Waals surface area contributed by atoms with Crippen molar-refractivity contribution in [3.05, 3.63) is 54.0 Å². The number of carbonyl (C=O) groups is 1. The first-order valence-electron chi connectivity index (χ1n) is 6.83. The van der Waals surface area contributed by atoms with Crippen molar-refractivity contribution in [2.75, 3.05) is 17.7 Å². The fraction of sp³-hybridized carbons (Fsp3) is 0.0625. The Kier molecular flexibility index (Phi) is 4.49. The highest BCUT2D eigenvalue weighted by atomic mass is 32.1. The van der Waals surface area contributed by atoms with E-state index in [0.717, 1.165) is 17.1 Å². The molecule has 2 aromatic heterocycles. The molecular formula is C16H14N4O2S. The van der Waals surface area contributed by atoms with Gasteiger partial charge in [-0.3, -0.25) is 10.3 Å². The zero-order valence-electron chi connectivity index (χ0n) is 12.3. The molecular weight excluding hydrogens is 312 g/mol. The summed E-state index contributed by atoms with van der Waals surface area (Å²) in [4.78, 5) is 20.6. The van der Waals surface area contributed by atoms with Crippen molar-refractivity contribution in [1.29, 1.82) is 0 Å². The van der Waals surface area contributed by atoms with E-state index in [1.807, 2.05) is 23.6 Å². The molecule has 0 aliphatic carbocycles. The number of aromatic nitrogens is 2. The molecule has 2 amide bonds. The normalized spacial score (nSPS) is 10.1. The lowest BCUT2D eigenvalue weighted by Gasteiger charge is -2.06. The molecule has 116 valence electrons. The van der Waals surface area contributed by atoms with Crippen LogP contribution in [-0.2, 0) is 0 Å². The number of rotatable bonds is 4. The molecule has 7 heteroatoms. The second kappa shape index (κ2) is 6.89. The third-order valence-electron chi connectivity index (χ3n) is 3.00. The van der Waals surface area contributed by atoms with Gasteiger partial charge in [0.05, 0.1) is 12.8 Å². The maximum Gasteiger partial charge on any atom is 0.325 e. The SMILES string of the molecule is COc1ccc(NC(=O)Nc2nc(-c3ccccn3)cs2)cc1. The number of amides is 2. The van der Waals surface area contributed by atoms with Crippen LogP contribution in [-0.4, -0.2) is 23.1 Å². The molecule has 0 saturated carbocycles. The fourth-order valence-electron chi connectivity index (χ4n) is 1.90. The number of nitrogens with zero attached hydrogens (tertiary/aromatic N) is 2. The first kappa shape index (κ1) is 15.0. The number of nitrogens with one attached hydrogen (secondary N) is 2. The van der Waals surface area contributed by atoms with Gasteiger partial charge in [-0.1, -0.05) is 6.07 Å². The Morgan fingerprint density at radius 3 is 2.61 bits per heavy atom. The van der Waals surface area contributed by atoms with E-state index in [2.05, 4.69) is 20.6 Å². The van der Waals surface area contributed by atoms with Gasteiger partial charge in [-0.15, -0.1) is 11.3 Å². The minimum Gasteiger partial charge on any atom is -0.497 e. The maximum atomic E-state index is 12.0. The van der Waals surface area contributed by atoms with Gasteiger partial charge in [0.2, 0.25) is 0 Å². The van der Waals surface area contributed by atoms with E-state index in [0.29, 0.717) is 10.8 Å². The van der Waals surface area contributed by atoms with E-state index in [-0.39, 0.29) is 6.03 Å². The molecule has 0 aliphatic heterocycles. The quantitative estimate of drug-likeness (QED) is 0.763. The lowest BCUT2D eigenvalue weighted by molar-refractivity contribution is 0.262. The molecule has 0 aliphatic rings. The van der Waals surface area contributed by atoms with Crippen LogP contribution in [0.5, 0.6) is 5.75 Å². The van der Waals surface area contributed by atoms with Crippen molar-refractivity contribution in [2.24, 2.45) is 0 Å². The highest BCUT2D eigenvalue weighted by Crippen LogP contribution is 2.23. The van der Waals surface area contributed by atoms with Crippen LogP contribution in [0, 0.1) is 0 Å². The average molecular weight is 326 g/mol. The first-order valence-corrected chi connectivity index (χ1v) is 7.71. The molecule has 2 heterocycles. The van der Waals surface area contributed by atoms with Gasteiger partial charge >= 0.3 is 6.03 Å². The second-order valence-corrected chi connectivity index (χ2v) is 5.42. The van der Waals surface area contributed by atoms with E-state index in [4.69, 9.17) is 4.74 Å². The van der Waals surface area contributed by atoms with Gasteiger partial charge in [0.1, 0.15) is 11.4 Å². The predicted octanol–water partition coefficient (Wildman–Crippen LogP) is 3.86. The number of urea groups is 1. The third-order valence-corrected chi connectivity index (χ3v) is 3.76. The number of methoxy groups -OCH3 is 1. The summed E-state index contributed by atoms with van der Waals surface area (Å²) in [5.74, 6) is 0.732. The fourth-order valence-corrected chi connectivity index (χ4v) is 2.60. The second-order valence-electron chi connectivity index (χ2n) is 4.56. The maximum absolute atomic E-state index is 12.0. The van der Waals surface area contributed by atoms with E-state index in [1.54, 1.807) is 37.6 Å². The predicted molar refractivity (Wildman–Crippen MR) is 91.0 cm³/mol. The largest absolute Gasteiger partial charge is 0.497 e. The Bertz CT molecular complexity index is 787. The van der Waals surface area contributed by atoms with Crippen LogP contribution in [0.4, 0.5) is 15.6 Å². The van der Waals surface area contributed by atoms with Gasteiger partial charge in [-0.25, -0.2) is 9.78 Å². The van der Waals surface area contributed by atoms with Crippen LogP contribution in [0.1, 0.15) is 0 Å². The number of anilines is 2. The molecule has 0 bridgehead atoms. The highest BCUT2D eigenvalue weighted by molar-refractivity contribution is 7.14. The molecule has 0 unspecified atom stereocenters. The van der Waals surface area contributed by atoms with Crippen LogP contribution in [0.25, 0.3) is 11.4 Å². The molecule has 23 heavy (non-hydrogen) atoms. The summed E-state index contributed by atoms with van der Waals surface area (Å²) < 4.78 is 5.07. The lowest BCUT2D eigenvalue weighted by Crippen LogP contribution is -2.19. The molecule has 2 N–H and O–H groups in total. The van der Waals surface area contributed by atoms with E-state index in [9.17, 15) is 4.79 Å². The summed E-state index contributed by atoms with van der Waals surface area (Å²) in [5, 5.41) is 7.81. The number of benzene rings is 1. The molecule has 0 atom stereocenters. The van der Waals surface area contributed by atoms with Gasteiger partial charge in [-0.05, 0) is 36.4 Å². The van der Waals surface area contributed by atoms with Gasteiger partial charge < -0.3 is 10.1 Å². The number of pyridine rings is 1. The minimum absolute atomic E-state index is 0.350. The Balaban J connectivity index is 1.63. The van der Waals surface area contributed by atoms with Crippen LogP contribution < -0.4 is 15.4 Å². The van der Waals surface area contributed by atoms with Crippen LogP contribution in [0.2, 0.25) is 0 Å². The summed E-state index contributed by atoms with van der Waals surface area (Å²) >= 11 is 1.35. The van der Waals surface area contributed by atoms with Crippen LogP contribution in [0.3, 0.4) is 0 Å². The summed E-state index contributed by atoms with van der Waals surface area (Å²) in [6.45, 7) is 0. The number of ether oxygens (including phenoxy) is 1. The van der Waals surface area contributed by atoms with Crippen molar-refractivity contribution in [2.45, 2.75) is 0 Å². The summed E-state index contributed by atoms with van der Waals surface area (Å²) in [5.41, 5.74) is 2.17. The van der Waals surface area contributed by atoms with Crippen molar-refractivity contribution in [1.82, 2.24) is 9.97 Å². The number of thiazole rings is 1. The third kappa shape index (κ3) is 3.83. The molecule has 0 saturated heterocycles. The summed E-state index contributed by atoms with van der Waals surface area (Å²) in [6.07, 6.45) is 1.71. The van der Waals surface area contributed by atoms with Crippen LogP contribution in [0.15, 0.2) is 54.0 Å². The molecule has 0 radical (unpaired) electrons. The molecule has 3 aromatic rings.